The minimum atomic E-state index is -0.0495. The molecule has 0 saturated carbocycles. The Labute approximate surface area is 100 Å². The van der Waals surface area contributed by atoms with E-state index < -0.39 is 0 Å². The standard InChI is InChI=1S/C11H17N3OS/c1-7(2)11(15)12-9-5-6-10(14-13-9)16-8(3)4/h5-8H,1-4H3,(H,12,13,15). The van der Waals surface area contributed by atoms with Gasteiger partial charge in [0.2, 0.25) is 5.91 Å². The fourth-order valence-electron chi connectivity index (χ4n) is 0.962. The molecule has 1 rings (SSSR count). The summed E-state index contributed by atoms with van der Waals surface area (Å²) >= 11 is 1.65. The molecule has 1 N–H and O–H groups in total. The molecule has 0 aliphatic carbocycles. The van der Waals surface area contributed by atoms with E-state index in [1.165, 1.54) is 0 Å². The lowest BCUT2D eigenvalue weighted by molar-refractivity contribution is -0.118. The maximum atomic E-state index is 11.4. The molecule has 1 aromatic rings. The molecular weight excluding hydrogens is 222 g/mol. The molecular formula is C11H17N3OS. The Morgan fingerprint density at radius 2 is 1.94 bits per heavy atom. The van der Waals surface area contributed by atoms with Crippen LogP contribution in [-0.4, -0.2) is 21.4 Å². The van der Waals surface area contributed by atoms with Crippen LogP contribution in [0.4, 0.5) is 5.82 Å². The molecule has 0 radical (unpaired) electrons. The average Bonchev–Trinajstić information content (AvgIpc) is 2.20. The minimum Gasteiger partial charge on any atom is -0.309 e. The fourth-order valence-corrected chi connectivity index (χ4v) is 1.68. The highest BCUT2D eigenvalue weighted by Crippen LogP contribution is 2.20. The van der Waals surface area contributed by atoms with Crippen LogP contribution in [0.1, 0.15) is 27.7 Å². The number of hydrogen-bond acceptors (Lipinski definition) is 4. The lowest BCUT2D eigenvalue weighted by atomic mass is 10.2. The van der Waals surface area contributed by atoms with Gasteiger partial charge in [0.25, 0.3) is 0 Å². The first kappa shape index (κ1) is 13.0. The van der Waals surface area contributed by atoms with Crippen molar-refractivity contribution in [2.75, 3.05) is 5.32 Å². The number of carbonyl (C=O) groups excluding carboxylic acids is 1. The van der Waals surface area contributed by atoms with E-state index in [2.05, 4.69) is 29.4 Å². The van der Waals surface area contributed by atoms with Gasteiger partial charge < -0.3 is 5.32 Å². The molecule has 1 aromatic heterocycles. The van der Waals surface area contributed by atoms with Gasteiger partial charge in [-0.1, -0.05) is 27.7 Å². The summed E-state index contributed by atoms with van der Waals surface area (Å²) in [5.41, 5.74) is 0. The smallest absolute Gasteiger partial charge is 0.228 e. The van der Waals surface area contributed by atoms with Gasteiger partial charge in [-0.25, -0.2) is 0 Å². The highest BCUT2D eigenvalue weighted by Gasteiger charge is 2.08. The maximum Gasteiger partial charge on any atom is 0.228 e. The zero-order valence-electron chi connectivity index (χ0n) is 10.0. The van der Waals surface area contributed by atoms with Gasteiger partial charge in [-0.15, -0.1) is 22.0 Å². The van der Waals surface area contributed by atoms with Crippen molar-refractivity contribution in [3.8, 4) is 0 Å². The molecule has 5 heteroatoms. The summed E-state index contributed by atoms with van der Waals surface area (Å²) in [5, 5.41) is 12.0. The second-order valence-electron chi connectivity index (χ2n) is 4.07. The number of hydrogen-bond donors (Lipinski definition) is 1. The lowest BCUT2D eigenvalue weighted by Gasteiger charge is -2.07. The Bertz CT molecular complexity index is 349. The van der Waals surface area contributed by atoms with Crippen molar-refractivity contribution in [3.63, 3.8) is 0 Å². The Balaban J connectivity index is 2.61. The third kappa shape index (κ3) is 4.18. The van der Waals surface area contributed by atoms with Gasteiger partial charge in [0.1, 0.15) is 5.03 Å². The molecule has 88 valence electrons. The van der Waals surface area contributed by atoms with Crippen molar-refractivity contribution in [1.29, 1.82) is 0 Å². The van der Waals surface area contributed by atoms with E-state index in [0.29, 0.717) is 11.1 Å². The number of rotatable bonds is 4. The summed E-state index contributed by atoms with van der Waals surface area (Å²) in [6, 6.07) is 3.64. The van der Waals surface area contributed by atoms with Crippen molar-refractivity contribution in [2.45, 2.75) is 38.0 Å². The van der Waals surface area contributed by atoms with Gasteiger partial charge in [-0.3, -0.25) is 4.79 Å². The zero-order valence-corrected chi connectivity index (χ0v) is 10.8. The second-order valence-corrected chi connectivity index (χ2v) is 5.66. The third-order valence-electron chi connectivity index (χ3n) is 1.77. The van der Waals surface area contributed by atoms with E-state index in [4.69, 9.17) is 0 Å². The molecule has 0 aromatic carbocycles. The quantitative estimate of drug-likeness (QED) is 0.820. The predicted molar refractivity (Wildman–Crippen MR) is 66.5 cm³/mol. The van der Waals surface area contributed by atoms with Crippen LogP contribution in [0.15, 0.2) is 17.2 Å². The van der Waals surface area contributed by atoms with E-state index in [0.717, 1.165) is 5.03 Å². The van der Waals surface area contributed by atoms with Crippen molar-refractivity contribution >= 4 is 23.5 Å². The van der Waals surface area contributed by atoms with Crippen LogP contribution in [0.5, 0.6) is 0 Å². The van der Waals surface area contributed by atoms with E-state index in [-0.39, 0.29) is 11.8 Å². The molecule has 0 atom stereocenters. The van der Waals surface area contributed by atoms with Crippen LogP contribution in [-0.2, 0) is 4.79 Å². The van der Waals surface area contributed by atoms with E-state index in [9.17, 15) is 4.79 Å². The third-order valence-corrected chi connectivity index (χ3v) is 2.70. The van der Waals surface area contributed by atoms with Crippen LogP contribution < -0.4 is 5.32 Å². The molecule has 4 nitrogen and oxygen atoms in total. The molecule has 1 amide bonds. The van der Waals surface area contributed by atoms with E-state index >= 15 is 0 Å². The SMILES string of the molecule is CC(C)Sc1ccc(NC(=O)C(C)C)nn1. The molecule has 0 saturated heterocycles. The molecule has 1 heterocycles. The fraction of sp³-hybridized carbons (Fsp3) is 0.545. The largest absolute Gasteiger partial charge is 0.309 e. The first-order chi connectivity index (χ1) is 7.49. The molecule has 0 fully saturated rings. The Morgan fingerprint density at radius 3 is 2.38 bits per heavy atom. The number of carbonyl (C=O) groups is 1. The first-order valence-electron chi connectivity index (χ1n) is 5.30. The number of amides is 1. The molecule has 16 heavy (non-hydrogen) atoms. The van der Waals surface area contributed by atoms with Crippen LogP contribution in [0.25, 0.3) is 0 Å². The normalized spacial score (nSPS) is 10.9. The number of nitrogens with zero attached hydrogens (tertiary/aromatic N) is 2. The lowest BCUT2D eigenvalue weighted by Crippen LogP contribution is -2.18. The van der Waals surface area contributed by atoms with Crippen LogP contribution in [0, 0.1) is 5.92 Å². The highest BCUT2D eigenvalue weighted by molar-refractivity contribution is 7.99. The van der Waals surface area contributed by atoms with Crippen molar-refractivity contribution in [2.24, 2.45) is 5.92 Å². The van der Waals surface area contributed by atoms with Gasteiger partial charge >= 0.3 is 0 Å². The molecule has 0 unspecified atom stereocenters. The molecule has 0 bridgehead atoms. The summed E-state index contributed by atoms with van der Waals surface area (Å²) in [7, 11) is 0. The Morgan fingerprint density at radius 1 is 1.25 bits per heavy atom. The number of nitrogens with one attached hydrogen (secondary N) is 1. The van der Waals surface area contributed by atoms with Gasteiger partial charge in [-0.2, -0.15) is 0 Å². The Kier molecular flexibility index (Phi) is 4.73. The second kappa shape index (κ2) is 5.84. The summed E-state index contributed by atoms with van der Waals surface area (Å²) in [5.74, 6) is 0.414. The van der Waals surface area contributed by atoms with Gasteiger partial charge in [0.15, 0.2) is 5.82 Å². The topological polar surface area (TPSA) is 54.9 Å². The summed E-state index contributed by atoms with van der Waals surface area (Å²) < 4.78 is 0. The van der Waals surface area contributed by atoms with E-state index in [1.807, 2.05) is 19.9 Å². The molecule has 0 aliphatic heterocycles. The maximum absolute atomic E-state index is 11.4. The Hall–Kier alpha value is -1.10. The first-order valence-corrected chi connectivity index (χ1v) is 6.18. The summed E-state index contributed by atoms with van der Waals surface area (Å²) in [4.78, 5) is 11.4. The molecule has 0 spiro atoms. The molecule has 0 aliphatic rings. The van der Waals surface area contributed by atoms with Crippen molar-refractivity contribution < 1.29 is 4.79 Å². The van der Waals surface area contributed by atoms with Crippen LogP contribution in [0.3, 0.4) is 0 Å². The van der Waals surface area contributed by atoms with E-state index in [1.54, 1.807) is 17.8 Å². The highest BCUT2D eigenvalue weighted by atomic mass is 32.2. The summed E-state index contributed by atoms with van der Waals surface area (Å²) in [6.45, 7) is 7.87. The number of thioether (sulfide) groups is 1. The predicted octanol–water partition coefficient (Wildman–Crippen LogP) is 2.57. The monoisotopic (exact) mass is 239 g/mol. The minimum absolute atomic E-state index is 0.0430. The van der Waals surface area contributed by atoms with Crippen molar-refractivity contribution in [3.05, 3.63) is 12.1 Å². The summed E-state index contributed by atoms with van der Waals surface area (Å²) in [6.07, 6.45) is 0. The average molecular weight is 239 g/mol. The van der Waals surface area contributed by atoms with Crippen LogP contribution in [0.2, 0.25) is 0 Å². The van der Waals surface area contributed by atoms with Crippen LogP contribution >= 0.6 is 11.8 Å². The van der Waals surface area contributed by atoms with Gasteiger partial charge in [0.05, 0.1) is 0 Å². The number of aromatic nitrogens is 2. The number of anilines is 1. The van der Waals surface area contributed by atoms with Crippen molar-refractivity contribution in [1.82, 2.24) is 10.2 Å². The van der Waals surface area contributed by atoms with Gasteiger partial charge in [0, 0.05) is 11.2 Å². The van der Waals surface area contributed by atoms with Gasteiger partial charge in [-0.05, 0) is 12.1 Å². The zero-order chi connectivity index (χ0) is 12.1.